The van der Waals surface area contributed by atoms with Gasteiger partial charge in [-0.25, -0.2) is 8.78 Å². The van der Waals surface area contributed by atoms with Gasteiger partial charge in [-0.1, -0.05) is 18.2 Å². The van der Waals surface area contributed by atoms with Crippen LogP contribution in [0.3, 0.4) is 0 Å². The van der Waals surface area contributed by atoms with Gasteiger partial charge in [0.25, 0.3) is 0 Å². The third kappa shape index (κ3) is 2.93. The molecule has 0 saturated carbocycles. The quantitative estimate of drug-likeness (QED) is 0.880. The lowest BCUT2D eigenvalue weighted by Crippen LogP contribution is -2.04. The van der Waals surface area contributed by atoms with Crippen LogP contribution in [0.5, 0.6) is 0 Å². The number of aliphatic hydroxyl groups excluding tert-OH is 1. The van der Waals surface area contributed by atoms with Gasteiger partial charge in [-0.05, 0) is 47.9 Å². The number of rotatable bonds is 3. The van der Waals surface area contributed by atoms with Crippen molar-refractivity contribution in [3.63, 3.8) is 0 Å². The summed E-state index contributed by atoms with van der Waals surface area (Å²) in [5.41, 5.74) is 2.14. The van der Waals surface area contributed by atoms with Gasteiger partial charge in [-0.3, -0.25) is 0 Å². The highest BCUT2D eigenvalue weighted by atomic mass is 19.1. The minimum Gasteiger partial charge on any atom is -0.388 e. The zero-order valence-corrected chi connectivity index (χ0v) is 10.0. The maximum Gasteiger partial charge on any atom is 0.123 e. The summed E-state index contributed by atoms with van der Waals surface area (Å²) in [5, 5.41) is 10.0. The van der Waals surface area contributed by atoms with Gasteiger partial charge >= 0.3 is 0 Å². The van der Waals surface area contributed by atoms with E-state index < -0.39 is 6.10 Å². The van der Waals surface area contributed by atoms with Gasteiger partial charge in [0.2, 0.25) is 0 Å². The van der Waals surface area contributed by atoms with E-state index in [0.29, 0.717) is 5.56 Å². The number of benzene rings is 2. The molecule has 0 aliphatic rings. The molecule has 0 fully saturated rings. The Balaban J connectivity index is 2.21. The molecule has 0 heterocycles. The molecule has 1 N–H and O–H groups in total. The summed E-state index contributed by atoms with van der Waals surface area (Å²) in [6.45, 7) is 1.85. The highest BCUT2D eigenvalue weighted by Crippen LogP contribution is 2.21. The Morgan fingerprint density at radius 1 is 1.06 bits per heavy atom. The molecule has 0 aliphatic heterocycles. The molecular formula is C15H14F2O. The molecule has 0 aromatic heterocycles. The Labute approximate surface area is 105 Å². The van der Waals surface area contributed by atoms with Crippen molar-refractivity contribution in [1.29, 1.82) is 0 Å². The van der Waals surface area contributed by atoms with Gasteiger partial charge < -0.3 is 5.11 Å². The predicted octanol–water partition coefficient (Wildman–Crippen LogP) is 3.55. The molecule has 94 valence electrons. The highest BCUT2D eigenvalue weighted by Gasteiger charge is 2.11. The molecule has 2 aromatic carbocycles. The van der Waals surface area contributed by atoms with Crippen LogP contribution in [-0.4, -0.2) is 5.11 Å². The Bertz CT molecular complexity index is 552. The molecule has 0 amide bonds. The van der Waals surface area contributed by atoms with Crippen LogP contribution in [0.25, 0.3) is 0 Å². The Morgan fingerprint density at radius 2 is 1.78 bits per heavy atom. The summed E-state index contributed by atoms with van der Waals surface area (Å²) >= 11 is 0. The normalized spacial score (nSPS) is 12.4. The van der Waals surface area contributed by atoms with Crippen molar-refractivity contribution in [2.75, 3.05) is 0 Å². The van der Waals surface area contributed by atoms with Gasteiger partial charge in [-0.15, -0.1) is 0 Å². The van der Waals surface area contributed by atoms with E-state index in [9.17, 15) is 13.9 Å². The van der Waals surface area contributed by atoms with Crippen molar-refractivity contribution >= 4 is 0 Å². The molecule has 18 heavy (non-hydrogen) atoms. The smallest absolute Gasteiger partial charge is 0.123 e. The second-order valence-corrected chi connectivity index (χ2v) is 4.35. The lowest BCUT2D eigenvalue weighted by Gasteiger charge is -2.13. The predicted molar refractivity (Wildman–Crippen MR) is 66.2 cm³/mol. The molecule has 0 bridgehead atoms. The van der Waals surface area contributed by atoms with Gasteiger partial charge in [0.15, 0.2) is 0 Å². The summed E-state index contributed by atoms with van der Waals surface area (Å²) in [6.07, 6.45) is -0.561. The second-order valence-electron chi connectivity index (χ2n) is 4.35. The summed E-state index contributed by atoms with van der Waals surface area (Å²) in [7, 11) is 0. The maximum atomic E-state index is 13.1. The maximum absolute atomic E-state index is 13.1. The summed E-state index contributed by atoms with van der Waals surface area (Å²) in [5.74, 6) is -0.718. The van der Waals surface area contributed by atoms with Crippen LogP contribution in [0.1, 0.15) is 22.8 Å². The first-order valence-electron chi connectivity index (χ1n) is 5.75. The number of aryl methyl sites for hydroxylation is 1. The molecule has 2 rings (SSSR count). The minimum atomic E-state index is -0.832. The van der Waals surface area contributed by atoms with Crippen molar-refractivity contribution in [2.45, 2.75) is 19.4 Å². The lowest BCUT2D eigenvalue weighted by atomic mass is 9.98. The molecule has 0 saturated heterocycles. The zero-order chi connectivity index (χ0) is 13.1. The van der Waals surface area contributed by atoms with Gasteiger partial charge in [0.1, 0.15) is 11.6 Å². The van der Waals surface area contributed by atoms with Crippen LogP contribution < -0.4 is 0 Å². The molecule has 2 aromatic rings. The van der Waals surface area contributed by atoms with Crippen LogP contribution >= 0.6 is 0 Å². The van der Waals surface area contributed by atoms with Crippen LogP contribution in [0.4, 0.5) is 8.78 Å². The van der Waals surface area contributed by atoms with E-state index in [1.54, 1.807) is 18.2 Å². The van der Waals surface area contributed by atoms with Crippen molar-refractivity contribution in [1.82, 2.24) is 0 Å². The van der Waals surface area contributed by atoms with Gasteiger partial charge in [-0.2, -0.15) is 0 Å². The fourth-order valence-corrected chi connectivity index (χ4v) is 1.90. The third-order valence-electron chi connectivity index (χ3n) is 2.96. The SMILES string of the molecule is Cc1ccc(F)cc1CC(O)c1cccc(F)c1. The fourth-order valence-electron chi connectivity index (χ4n) is 1.90. The van der Waals surface area contributed by atoms with E-state index in [1.165, 1.54) is 24.3 Å². The number of halogens is 2. The van der Waals surface area contributed by atoms with E-state index in [-0.39, 0.29) is 18.1 Å². The van der Waals surface area contributed by atoms with Crippen molar-refractivity contribution < 1.29 is 13.9 Å². The summed E-state index contributed by atoms with van der Waals surface area (Å²) in [6, 6.07) is 10.3. The topological polar surface area (TPSA) is 20.2 Å². The Kier molecular flexibility index (Phi) is 3.72. The fraction of sp³-hybridized carbons (Fsp3) is 0.200. The zero-order valence-electron chi connectivity index (χ0n) is 10.0. The lowest BCUT2D eigenvalue weighted by molar-refractivity contribution is 0.177. The van der Waals surface area contributed by atoms with Crippen LogP contribution in [0, 0.1) is 18.6 Å². The summed E-state index contributed by atoms with van der Waals surface area (Å²) in [4.78, 5) is 0. The molecule has 0 aliphatic carbocycles. The van der Waals surface area contributed by atoms with Crippen LogP contribution in [0.15, 0.2) is 42.5 Å². The molecule has 1 atom stereocenters. The molecule has 1 unspecified atom stereocenters. The Morgan fingerprint density at radius 3 is 2.50 bits per heavy atom. The van der Waals surface area contributed by atoms with E-state index >= 15 is 0 Å². The second kappa shape index (κ2) is 5.27. The number of hydrogen-bond donors (Lipinski definition) is 1. The minimum absolute atomic E-state index is 0.271. The third-order valence-corrected chi connectivity index (χ3v) is 2.96. The highest BCUT2D eigenvalue weighted by molar-refractivity contribution is 5.29. The molecule has 3 heteroatoms. The monoisotopic (exact) mass is 248 g/mol. The first-order valence-corrected chi connectivity index (χ1v) is 5.75. The molecule has 1 nitrogen and oxygen atoms in total. The number of aliphatic hydroxyl groups is 1. The number of hydrogen-bond acceptors (Lipinski definition) is 1. The van der Waals surface area contributed by atoms with Gasteiger partial charge in [0.05, 0.1) is 6.10 Å². The first-order chi connectivity index (χ1) is 8.56. The molecule has 0 radical (unpaired) electrons. The van der Waals surface area contributed by atoms with E-state index in [2.05, 4.69) is 0 Å². The van der Waals surface area contributed by atoms with Crippen molar-refractivity contribution in [3.05, 3.63) is 70.8 Å². The standard InChI is InChI=1S/C15H14F2O/c1-10-5-6-14(17)8-12(10)9-15(18)11-3-2-4-13(16)7-11/h2-8,15,18H,9H2,1H3. The average Bonchev–Trinajstić information content (AvgIpc) is 2.34. The molecular weight excluding hydrogens is 234 g/mol. The Hall–Kier alpha value is -1.74. The molecule has 0 spiro atoms. The van der Waals surface area contributed by atoms with E-state index in [4.69, 9.17) is 0 Å². The van der Waals surface area contributed by atoms with Crippen LogP contribution in [0.2, 0.25) is 0 Å². The summed E-state index contributed by atoms with van der Waals surface area (Å²) < 4.78 is 26.2. The van der Waals surface area contributed by atoms with Gasteiger partial charge in [0, 0.05) is 6.42 Å². The largest absolute Gasteiger partial charge is 0.388 e. The van der Waals surface area contributed by atoms with Crippen molar-refractivity contribution in [2.24, 2.45) is 0 Å². The van der Waals surface area contributed by atoms with E-state index in [1.807, 2.05) is 6.92 Å². The van der Waals surface area contributed by atoms with Crippen LogP contribution in [-0.2, 0) is 6.42 Å². The van der Waals surface area contributed by atoms with E-state index in [0.717, 1.165) is 11.1 Å². The first kappa shape index (κ1) is 12.7. The average molecular weight is 248 g/mol. The van der Waals surface area contributed by atoms with Crippen molar-refractivity contribution in [3.8, 4) is 0 Å².